The number of fused-ring (bicyclic) bond motifs is 1. The van der Waals surface area contributed by atoms with Crippen molar-refractivity contribution in [2.75, 3.05) is 6.54 Å². The quantitative estimate of drug-likeness (QED) is 0.282. The fourth-order valence-corrected chi connectivity index (χ4v) is 5.56. The first kappa shape index (κ1) is 29.1. The van der Waals surface area contributed by atoms with Crippen molar-refractivity contribution in [3.63, 3.8) is 0 Å². The number of carbonyl (C=O) groups is 5. The van der Waals surface area contributed by atoms with Crippen LogP contribution < -0.4 is 16.0 Å². The third kappa shape index (κ3) is 6.89. The van der Waals surface area contributed by atoms with Crippen LogP contribution in [0.3, 0.4) is 0 Å². The SMILES string of the molecule is CCCC(NC(=O)[C@@H]1[C@H]2CCC[C@H]2CN1C(=O)[C@@H](NC(=O)[C@H](O)C(C)C)C(C)C)C(=O)C(=O)NC1CC1. The Balaban J connectivity index is 1.78. The molecule has 10 nitrogen and oxygen atoms in total. The second kappa shape index (κ2) is 12.4. The van der Waals surface area contributed by atoms with Gasteiger partial charge in [-0.15, -0.1) is 0 Å². The fraction of sp³-hybridized carbons (Fsp3) is 0.815. The van der Waals surface area contributed by atoms with Crippen LogP contribution in [0, 0.1) is 23.7 Å². The summed E-state index contributed by atoms with van der Waals surface area (Å²) in [5.41, 5.74) is 0. The number of aliphatic hydroxyl groups is 1. The maximum atomic E-state index is 13.8. The molecule has 208 valence electrons. The summed E-state index contributed by atoms with van der Waals surface area (Å²) in [5.74, 6) is -3.17. The van der Waals surface area contributed by atoms with Gasteiger partial charge in [-0.3, -0.25) is 24.0 Å². The van der Waals surface area contributed by atoms with Crippen molar-refractivity contribution in [2.24, 2.45) is 23.7 Å². The normalized spacial score (nSPS) is 25.4. The number of ketones is 1. The largest absolute Gasteiger partial charge is 0.383 e. The molecule has 6 atom stereocenters. The molecule has 10 heteroatoms. The highest BCUT2D eigenvalue weighted by molar-refractivity contribution is 6.38. The number of nitrogens with zero attached hydrogens (tertiary/aromatic N) is 1. The minimum atomic E-state index is -1.24. The standard InChI is InChI=1S/C27H44N4O6/c1-6-8-19(23(33)26(36)28-17-11-12-17)29-24(34)21-18-10-7-9-16(18)13-31(21)27(37)20(14(2)3)30-25(35)22(32)15(4)5/h14-22,32H,6-13H2,1-5H3,(H,28,36)(H,29,34)(H,30,35)/t16-,18-,19?,20-,21-,22+/m0/s1. The van der Waals surface area contributed by atoms with E-state index in [1.807, 2.05) is 20.8 Å². The van der Waals surface area contributed by atoms with Crippen molar-refractivity contribution in [2.45, 2.75) is 110 Å². The van der Waals surface area contributed by atoms with Gasteiger partial charge in [0.2, 0.25) is 23.5 Å². The van der Waals surface area contributed by atoms with Gasteiger partial charge in [0.1, 0.15) is 18.2 Å². The molecule has 37 heavy (non-hydrogen) atoms. The maximum absolute atomic E-state index is 13.8. The lowest BCUT2D eigenvalue weighted by atomic mass is 9.92. The second-order valence-electron chi connectivity index (χ2n) is 11.7. The summed E-state index contributed by atoms with van der Waals surface area (Å²) in [7, 11) is 0. The Morgan fingerprint density at radius 2 is 1.62 bits per heavy atom. The van der Waals surface area contributed by atoms with Gasteiger partial charge in [-0.25, -0.2) is 0 Å². The Morgan fingerprint density at radius 3 is 2.19 bits per heavy atom. The van der Waals surface area contributed by atoms with E-state index < -0.39 is 47.7 Å². The van der Waals surface area contributed by atoms with Crippen LogP contribution in [0.5, 0.6) is 0 Å². The van der Waals surface area contributed by atoms with E-state index in [1.54, 1.807) is 18.7 Å². The van der Waals surface area contributed by atoms with Crippen molar-refractivity contribution >= 4 is 29.4 Å². The Kier molecular flexibility index (Phi) is 9.72. The van der Waals surface area contributed by atoms with Crippen molar-refractivity contribution < 1.29 is 29.1 Å². The van der Waals surface area contributed by atoms with Gasteiger partial charge >= 0.3 is 0 Å². The summed E-state index contributed by atoms with van der Waals surface area (Å²) >= 11 is 0. The van der Waals surface area contributed by atoms with E-state index in [2.05, 4.69) is 16.0 Å². The molecule has 0 spiro atoms. The van der Waals surface area contributed by atoms with Crippen molar-refractivity contribution in [3.8, 4) is 0 Å². The molecule has 3 fully saturated rings. The molecule has 3 rings (SSSR count). The number of hydrogen-bond acceptors (Lipinski definition) is 6. The third-order valence-electron chi connectivity index (χ3n) is 7.92. The van der Waals surface area contributed by atoms with Gasteiger partial charge in [-0.05, 0) is 55.8 Å². The molecule has 4 amide bonds. The second-order valence-corrected chi connectivity index (χ2v) is 11.7. The van der Waals surface area contributed by atoms with E-state index in [4.69, 9.17) is 0 Å². The van der Waals surface area contributed by atoms with Gasteiger partial charge in [0.05, 0.1) is 6.04 Å². The number of Topliss-reactive ketones (excluding diaryl/α,β-unsaturated/α-hetero) is 1. The summed E-state index contributed by atoms with van der Waals surface area (Å²) in [6.07, 6.45) is 4.07. The molecule has 0 bridgehead atoms. The van der Waals surface area contributed by atoms with Crippen LogP contribution in [0.2, 0.25) is 0 Å². The molecule has 0 aromatic carbocycles. The first-order valence-electron chi connectivity index (χ1n) is 13.9. The lowest BCUT2D eigenvalue weighted by molar-refractivity contribution is -0.146. The number of amides is 4. The molecule has 1 unspecified atom stereocenters. The van der Waals surface area contributed by atoms with Crippen LogP contribution in [0.25, 0.3) is 0 Å². The van der Waals surface area contributed by atoms with Crippen LogP contribution in [0.15, 0.2) is 0 Å². The molecule has 1 aliphatic heterocycles. The predicted octanol–water partition coefficient (Wildman–Crippen LogP) is 0.904. The molecular formula is C27H44N4O6. The zero-order chi connectivity index (χ0) is 27.4. The maximum Gasteiger partial charge on any atom is 0.289 e. The van der Waals surface area contributed by atoms with E-state index in [1.165, 1.54) is 0 Å². The number of aliphatic hydroxyl groups excluding tert-OH is 1. The minimum Gasteiger partial charge on any atom is -0.383 e. The van der Waals surface area contributed by atoms with E-state index in [0.29, 0.717) is 19.4 Å². The van der Waals surface area contributed by atoms with Crippen molar-refractivity contribution in [1.82, 2.24) is 20.9 Å². The average Bonchev–Trinajstić information content (AvgIpc) is 3.41. The molecule has 1 heterocycles. The summed E-state index contributed by atoms with van der Waals surface area (Å²) in [6, 6.07) is -2.58. The van der Waals surface area contributed by atoms with Gasteiger partial charge in [0.15, 0.2) is 0 Å². The van der Waals surface area contributed by atoms with Gasteiger partial charge in [-0.2, -0.15) is 0 Å². The van der Waals surface area contributed by atoms with Gasteiger partial charge in [0.25, 0.3) is 5.91 Å². The Morgan fingerprint density at radius 1 is 0.946 bits per heavy atom. The Hall–Kier alpha value is -2.49. The highest BCUT2D eigenvalue weighted by Gasteiger charge is 2.51. The van der Waals surface area contributed by atoms with Crippen molar-refractivity contribution in [3.05, 3.63) is 0 Å². The average molecular weight is 521 g/mol. The highest BCUT2D eigenvalue weighted by Crippen LogP contribution is 2.42. The molecule has 0 aromatic rings. The van der Waals surface area contributed by atoms with E-state index >= 15 is 0 Å². The summed E-state index contributed by atoms with van der Waals surface area (Å²) in [5, 5.41) is 18.4. The molecule has 2 aliphatic carbocycles. The number of carbonyl (C=O) groups excluding carboxylic acids is 5. The van der Waals surface area contributed by atoms with Crippen LogP contribution >= 0.6 is 0 Å². The predicted molar refractivity (Wildman–Crippen MR) is 137 cm³/mol. The van der Waals surface area contributed by atoms with Gasteiger partial charge in [0, 0.05) is 12.6 Å². The molecule has 1 saturated heterocycles. The van der Waals surface area contributed by atoms with Crippen LogP contribution in [0.1, 0.15) is 79.6 Å². The Bertz CT molecular complexity index is 886. The van der Waals surface area contributed by atoms with Crippen LogP contribution in [-0.2, 0) is 24.0 Å². The van der Waals surface area contributed by atoms with E-state index in [-0.39, 0.29) is 35.6 Å². The highest BCUT2D eigenvalue weighted by atomic mass is 16.3. The van der Waals surface area contributed by atoms with Crippen LogP contribution in [-0.4, -0.2) is 76.2 Å². The molecule has 0 aromatic heterocycles. The third-order valence-corrected chi connectivity index (χ3v) is 7.92. The van der Waals surface area contributed by atoms with Crippen LogP contribution in [0.4, 0.5) is 0 Å². The first-order chi connectivity index (χ1) is 17.5. The van der Waals surface area contributed by atoms with Crippen molar-refractivity contribution in [1.29, 1.82) is 0 Å². The number of nitrogens with one attached hydrogen (secondary N) is 3. The Labute approximate surface area is 219 Å². The van der Waals surface area contributed by atoms with E-state index in [0.717, 1.165) is 32.1 Å². The van der Waals surface area contributed by atoms with Gasteiger partial charge < -0.3 is 26.0 Å². The van der Waals surface area contributed by atoms with E-state index in [9.17, 15) is 29.1 Å². The smallest absolute Gasteiger partial charge is 0.289 e. The number of rotatable bonds is 12. The molecule has 4 N–H and O–H groups in total. The first-order valence-corrected chi connectivity index (χ1v) is 13.9. The lowest BCUT2D eigenvalue weighted by Gasteiger charge is -2.33. The number of hydrogen-bond donors (Lipinski definition) is 4. The minimum absolute atomic E-state index is 0.0358. The molecule has 3 aliphatic rings. The summed E-state index contributed by atoms with van der Waals surface area (Å²) in [6.45, 7) is 9.35. The lowest BCUT2D eigenvalue weighted by Crippen LogP contribution is -2.59. The molecule has 0 radical (unpaired) electrons. The fourth-order valence-electron chi connectivity index (χ4n) is 5.56. The summed E-state index contributed by atoms with van der Waals surface area (Å²) < 4.78 is 0. The van der Waals surface area contributed by atoms with Gasteiger partial charge in [-0.1, -0.05) is 47.5 Å². The number of likely N-dealkylation sites (tertiary alicyclic amines) is 1. The topological polar surface area (TPSA) is 145 Å². The molecule has 2 saturated carbocycles. The monoisotopic (exact) mass is 520 g/mol. The zero-order valence-corrected chi connectivity index (χ0v) is 22.8. The summed E-state index contributed by atoms with van der Waals surface area (Å²) in [4.78, 5) is 66.8. The zero-order valence-electron chi connectivity index (χ0n) is 22.8. The molecular weight excluding hydrogens is 476 g/mol.